The van der Waals surface area contributed by atoms with Crippen molar-refractivity contribution >= 4 is 5.78 Å². The molecular formula is C13H19NO. The average Bonchev–Trinajstić information content (AvgIpc) is 2.23. The Morgan fingerprint density at radius 1 is 1.40 bits per heavy atom. The van der Waals surface area contributed by atoms with Crippen molar-refractivity contribution in [1.29, 1.82) is 0 Å². The van der Waals surface area contributed by atoms with Gasteiger partial charge in [-0.25, -0.2) is 0 Å². The lowest BCUT2D eigenvalue weighted by Gasteiger charge is -2.11. The molecule has 0 aromatic heterocycles. The minimum atomic E-state index is 0.0182. The molecule has 2 N–H and O–H groups in total. The van der Waals surface area contributed by atoms with Crippen molar-refractivity contribution in [3.05, 3.63) is 35.4 Å². The third-order valence-corrected chi connectivity index (χ3v) is 2.86. The largest absolute Gasteiger partial charge is 0.330 e. The predicted molar refractivity (Wildman–Crippen MR) is 62.7 cm³/mol. The topological polar surface area (TPSA) is 43.1 Å². The first-order valence-electron chi connectivity index (χ1n) is 5.46. The van der Waals surface area contributed by atoms with Gasteiger partial charge in [-0.1, -0.05) is 31.2 Å². The molecular weight excluding hydrogens is 186 g/mol. The van der Waals surface area contributed by atoms with Crippen molar-refractivity contribution in [3.8, 4) is 0 Å². The Hall–Kier alpha value is -1.15. The molecule has 1 unspecified atom stereocenters. The second-order valence-electron chi connectivity index (χ2n) is 3.91. The first-order valence-corrected chi connectivity index (χ1v) is 5.46. The number of hydrogen-bond acceptors (Lipinski definition) is 2. The van der Waals surface area contributed by atoms with Crippen molar-refractivity contribution < 1.29 is 4.79 Å². The summed E-state index contributed by atoms with van der Waals surface area (Å²) < 4.78 is 0. The van der Waals surface area contributed by atoms with Gasteiger partial charge in [0.2, 0.25) is 0 Å². The second-order valence-corrected chi connectivity index (χ2v) is 3.91. The van der Waals surface area contributed by atoms with Gasteiger partial charge in [-0.2, -0.15) is 0 Å². The highest BCUT2D eigenvalue weighted by molar-refractivity contribution is 5.83. The van der Waals surface area contributed by atoms with Gasteiger partial charge in [0, 0.05) is 18.9 Å². The van der Waals surface area contributed by atoms with Gasteiger partial charge in [-0.3, -0.25) is 4.79 Å². The maximum atomic E-state index is 11.8. The standard InChI is InChI=1S/C13H19NO/c1-3-11(9-14)13(15)8-12-7-5-4-6-10(12)2/h4-7,11H,3,8-9,14H2,1-2H3. The third-order valence-electron chi connectivity index (χ3n) is 2.86. The molecule has 2 heteroatoms. The van der Waals surface area contributed by atoms with E-state index in [9.17, 15) is 4.79 Å². The van der Waals surface area contributed by atoms with E-state index in [1.54, 1.807) is 0 Å². The van der Waals surface area contributed by atoms with Gasteiger partial charge in [0.1, 0.15) is 5.78 Å². The van der Waals surface area contributed by atoms with Crippen molar-refractivity contribution in [2.75, 3.05) is 6.54 Å². The van der Waals surface area contributed by atoms with Crippen molar-refractivity contribution in [1.82, 2.24) is 0 Å². The first kappa shape index (κ1) is 11.9. The SMILES string of the molecule is CCC(CN)C(=O)Cc1ccccc1C. The monoisotopic (exact) mass is 205 g/mol. The van der Waals surface area contributed by atoms with Gasteiger partial charge in [0.15, 0.2) is 0 Å². The van der Waals surface area contributed by atoms with Crippen molar-refractivity contribution in [2.24, 2.45) is 11.7 Å². The fourth-order valence-electron chi connectivity index (χ4n) is 1.67. The van der Waals surface area contributed by atoms with Crippen LogP contribution in [-0.2, 0) is 11.2 Å². The highest BCUT2D eigenvalue weighted by atomic mass is 16.1. The second kappa shape index (κ2) is 5.66. The fourth-order valence-corrected chi connectivity index (χ4v) is 1.67. The highest BCUT2D eigenvalue weighted by Gasteiger charge is 2.15. The van der Waals surface area contributed by atoms with Crippen LogP contribution in [0.4, 0.5) is 0 Å². The molecule has 0 aliphatic carbocycles. The van der Waals surface area contributed by atoms with Crippen LogP contribution in [-0.4, -0.2) is 12.3 Å². The molecule has 0 bridgehead atoms. The first-order chi connectivity index (χ1) is 7.19. The minimum Gasteiger partial charge on any atom is -0.330 e. The highest BCUT2D eigenvalue weighted by Crippen LogP contribution is 2.12. The summed E-state index contributed by atoms with van der Waals surface area (Å²) in [4.78, 5) is 11.8. The van der Waals surface area contributed by atoms with Crippen LogP contribution >= 0.6 is 0 Å². The van der Waals surface area contributed by atoms with E-state index in [-0.39, 0.29) is 11.7 Å². The molecule has 0 fully saturated rings. The molecule has 82 valence electrons. The summed E-state index contributed by atoms with van der Waals surface area (Å²) in [6, 6.07) is 8.00. The Kier molecular flexibility index (Phi) is 4.50. The van der Waals surface area contributed by atoms with Gasteiger partial charge in [0.05, 0.1) is 0 Å². The summed E-state index contributed by atoms with van der Waals surface area (Å²) in [5.74, 6) is 0.277. The van der Waals surface area contributed by atoms with Crippen LogP contribution in [0.15, 0.2) is 24.3 Å². The fraction of sp³-hybridized carbons (Fsp3) is 0.462. The van der Waals surface area contributed by atoms with Crippen LogP contribution < -0.4 is 5.73 Å². The minimum absolute atomic E-state index is 0.0182. The Balaban J connectivity index is 2.70. The van der Waals surface area contributed by atoms with E-state index in [1.807, 2.05) is 38.1 Å². The summed E-state index contributed by atoms with van der Waals surface area (Å²) in [6.45, 7) is 4.50. The van der Waals surface area contributed by atoms with Crippen molar-refractivity contribution in [3.63, 3.8) is 0 Å². The van der Waals surface area contributed by atoms with Gasteiger partial charge >= 0.3 is 0 Å². The zero-order valence-corrected chi connectivity index (χ0v) is 9.49. The molecule has 0 amide bonds. The van der Waals surface area contributed by atoms with Crippen LogP contribution in [0.2, 0.25) is 0 Å². The Morgan fingerprint density at radius 2 is 2.07 bits per heavy atom. The molecule has 1 rings (SSSR count). The average molecular weight is 205 g/mol. The molecule has 0 radical (unpaired) electrons. The normalized spacial score (nSPS) is 12.5. The van der Waals surface area contributed by atoms with Gasteiger partial charge in [0.25, 0.3) is 0 Å². The summed E-state index contributed by atoms with van der Waals surface area (Å²) in [7, 11) is 0. The quantitative estimate of drug-likeness (QED) is 0.800. The Morgan fingerprint density at radius 3 is 2.60 bits per heavy atom. The van der Waals surface area contributed by atoms with E-state index >= 15 is 0 Å². The number of aryl methyl sites for hydroxylation is 1. The maximum absolute atomic E-state index is 11.8. The van der Waals surface area contributed by atoms with Crippen LogP contribution in [0.5, 0.6) is 0 Å². The number of hydrogen-bond donors (Lipinski definition) is 1. The molecule has 0 aliphatic heterocycles. The van der Waals surface area contributed by atoms with E-state index < -0.39 is 0 Å². The summed E-state index contributed by atoms with van der Waals surface area (Å²) in [6.07, 6.45) is 1.35. The van der Waals surface area contributed by atoms with Crippen LogP contribution in [0.25, 0.3) is 0 Å². The summed E-state index contributed by atoms with van der Waals surface area (Å²) in [5.41, 5.74) is 7.85. The number of rotatable bonds is 5. The molecule has 0 heterocycles. The zero-order valence-electron chi connectivity index (χ0n) is 9.49. The lowest BCUT2D eigenvalue weighted by atomic mass is 9.94. The van der Waals surface area contributed by atoms with Crippen LogP contribution in [0.3, 0.4) is 0 Å². The molecule has 0 saturated carbocycles. The summed E-state index contributed by atoms with van der Waals surface area (Å²) >= 11 is 0. The number of benzene rings is 1. The molecule has 1 aromatic rings. The molecule has 15 heavy (non-hydrogen) atoms. The molecule has 2 nitrogen and oxygen atoms in total. The van der Waals surface area contributed by atoms with Crippen LogP contribution in [0, 0.1) is 12.8 Å². The van der Waals surface area contributed by atoms with E-state index in [1.165, 1.54) is 5.56 Å². The molecule has 1 atom stereocenters. The van der Waals surface area contributed by atoms with Crippen LogP contribution in [0.1, 0.15) is 24.5 Å². The number of Topliss-reactive ketones (excluding diaryl/α,β-unsaturated/α-hetero) is 1. The smallest absolute Gasteiger partial charge is 0.141 e. The molecule has 0 aliphatic rings. The Labute approximate surface area is 91.5 Å². The maximum Gasteiger partial charge on any atom is 0.141 e. The molecule has 1 aromatic carbocycles. The number of nitrogens with two attached hydrogens (primary N) is 1. The predicted octanol–water partition coefficient (Wildman–Crippen LogP) is 2.09. The summed E-state index contributed by atoms with van der Waals surface area (Å²) in [5, 5.41) is 0. The van der Waals surface area contributed by atoms with E-state index in [0.29, 0.717) is 13.0 Å². The van der Waals surface area contributed by atoms with E-state index in [2.05, 4.69) is 0 Å². The van der Waals surface area contributed by atoms with E-state index in [0.717, 1.165) is 12.0 Å². The lowest BCUT2D eigenvalue weighted by molar-refractivity contribution is -0.122. The molecule has 0 saturated heterocycles. The van der Waals surface area contributed by atoms with E-state index in [4.69, 9.17) is 5.73 Å². The number of carbonyl (C=O) groups excluding carboxylic acids is 1. The number of carbonyl (C=O) groups is 1. The lowest BCUT2D eigenvalue weighted by Crippen LogP contribution is -2.24. The molecule has 0 spiro atoms. The van der Waals surface area contributed by atoms with Gasteiger partial charge in [-0.05, 0) is 24.5 Å². The van der Waals surface area contributed by atoms with Crippen molar-refractivity contribution in [2.45, 2.75) is 26.7 Å². The van der Waals surface area contributed by atoms with Gasteiger partial charge < -0.3 is 5.73 Å². The third kappa shape index (κ3) is 3.17. The Bertz CT molecular complexity index is 329. The number of ketones is 1. The zero-order chi connectivity index (χ0) is 11.3. The van der Waals surface area contributed by atoms with Gasteiger partial charge in [-0.15, -0.1) is 0 Å².